The lowest BCUT2D eigenvalue weighted by Crippen LogP contribution is -2.38. The van der Waals surface area contributed by atoms with Gasteiger partial charge in [0.1, 0.15) is 5.82 Å². The number of urea groups is 1. The summed E-state index contributed by atoms with van der Waals surface area (Å²) in [7, 11) is 1.74. The minimum Gasteiger partial charge on any atom is -0.481 e. The zero-order valence-electron chi connectivity index (χ0n) is 13.4. The molecule has 0 fully saturated rings. The van der Waals surface area contributed by atoms with Crippen molar-refractivity contribution in [2.24, 2.45) is 0 Å². The van der Waals surface area contributed by atoms with Gasteiger partial charge in [-0.3, -0.25) is 4.79 Å². The van der Waals surface area contributed by atoms with Crippen molar-refractivity contribution in [2.45, 2.75) is 45.6 Å². The molecule has 0 aromatic carbocycles. The third-order valence-electron chi connectivity index (χ3n) is 3.35. The maximum Gasteiger partial charge on any atom is 0.317 e. The standard InChI is InChI=1S/C15H26N4O3/c1-3-10-19-12-9-16-13(19)6-5-11-18(2)15(22)17-8-4-7-14(20)21/h9,12H,3-8,10-11H2,1-2H3,(H,17,22)(H,20,21). The van der Waals surface area contributed by atoms with Gasteiger partial charge in [0.05, 0.1) is 0 Å². The molecule has 1 aromatic heterocycles. The molecule has 0 saturated heterocycles. The maximum absolute atomic E-state index is 11.8. The average Bonchev–Trinajstić information content (AvgIpc) is 2.91. The Balaban J connectivity index is 2.21. The van der Waals surface area contributed by atoms with Crippen molar-refractivity contribution in [3.8, 4) is 0 Å². The van der Waals surface area contributed by atoms with Gasteiger partial charge in [-0.05, 0) is 19.3 Å². The minimum atomic E-state index is -0.842. The molecule has 0 spiro atoms. The number of aliphatic carboxylic acids is 1. The van der Waals surface area contributed by atoms with Crippen LogP contribution in [0.25, 0.3) is 0 Å². The second-order valence-electron chi connectivity index (χ2n) is 5.29. The quantitative estimate of drug-likeness (QED) is 0.644. The summed E-state index contributed by atoms with van der Waals surface area (Å²) in [5, 5.41) is 11.2. The van der Waals surface area contributed by atoms with Crippen molar-refractivity contribution in [2.75, 3.05) is 20.1 Å². The summed E-state index contributed by atoms with van der Waals surface area (Å²) < 4.78 is 2.14. The monoisotopic (exact) mass is 310 g/mol. The van der Waals surface area contributed by atoms with Crippen molar-refractivity contribution >= 4 is 12.0 Å². The van der Waals surface area contributed by atoms with E-state index in [-0.39, 0.29) is 12.5 Å². The van der Waals surface area contributed by atoms with Gasteiger partial charge >= 0.3 is 12.0 Å². The van der Waals surface area contributed by atoms with Gasteiger partial charge in [-0.25, -0.2) is 9.78 Å². The number of hydrogen-bond donors (Lipinski definition) is 2. The van der Waals surface area contributed by atoms with Gasteiger partial charge in [-0.2, -0.15) is 0 Å². The summed E-state index contributed by atoms with van der Waals surface area (Å²) in [6, 6.07) is -0.165. The number of rotatable bonds is 10. The molecule has 0 bridgehead atoms. The van der Waals surface area contributed by atoms with Crippen LogP contribution in [0.3, 0.4) is 0 Å². The van der Waals surface area contributed by atoms with E-state index in [4.69, 9.17) is 5.11 Å². The molecule has 0 aliphatic rings. The third-order valence-corrected chi connectivity index (χ3v) is 3.35. The third kappa shape index (κ3) is 6.60. The maximum atomic E-state index is 11.8. The van der Waals surface area contributed by atoms with E-state index in [9.17, 15) is 9.59 Å². The molecular weight excluding hydrogens is 284 g/mol. The molecule has 2 N–H and O–H groups in total. The van der Waals surface area contributed by atoms with Crippen molar-refractivity contribution in [1.29, 1.82) is 0 Å². The molecule has 7 heteroatoms. The Hall–Kier alpha value is -2.05. The molecule has 22 heavy (non-hydrogen) atoms. The highest BCUT2D eigenvalue weighted by Gasteiger charge is 2.09. The van der Waals surface area contributed by atoms with Gasteiger partial charge in [-0.15, -0.1) is 0 Å². The Morgan fingerprint density at radius 2 is 2.18 bits per heavy atom. The fourth-order valence-electron chi connectivity index (χ4n) is 2.16. The number of carbonyl (C=O) groups excluding carboxylic acids is 1. The lowest BCUT2D eigenvalue weighted by molar-refractivity contribution is -0.137. The molecule has 7 nitrogen and oxygen atoms in total. The van der Waals surface area contributed by atoms with Gasteiger partial charge in [0.25, 0.3) is 0 Å². The molecule has 0 atom stereocenters. The molecule has 0 unspecified atom stereocenters. The zero-order chi connectivity index (χ0) is 16.4. The van der Waals surface area contributed by atoms with E-state index in [0.29, 0.717) is 19.5 Å². The second-order valence-corrected chi connectivity index (χ2v) is 5.29. The van der Waals surface area contributed by atoms with Crippen LogP contribution in [0.4, 0.5) is 4.79 Å². The van der Waals surface area contributed by atoms with Crippen LogP contribution in [0.2, 0.25) is 0 Å². The molecule has 0 aliphatic heterocycles. The minimum absolute atomic E-state index is 0.0735. The normalized spacial score (nSPS) is 10.5. The van der Waals surface area contributed by atoms with Crippen molar-refractivity contribution in [3.05, 3.63) is 18.2 Å². The van der Waals surface area contributed by atoms with E-state index in [1.807, 2.05) is 12.4 Å². The number of carboxylic acids is 1. The lowest BCUT2D eigenvalue weighted by atomic mass is 10.3. The molecule has 124 valence electrons. The second kappa shape index (κ2) is 9.81. The van der Waals surface area contributed by atoms with Gasteiger partial charge in [0.15, 0.2) is 0 Å². The van der Waals surface area contributed by atoms with Crippen LogP contribution in [0.1, 0.15) is 38.4 Å². The fraction of sp³-hybridized carbons (Fsp3) is 0.667. The number of nitrogens with zero attached hydrogens (tertiary/aromatic N) is 3. The largest absolute Gasteiger partial charge is 0.481 e. The van der Waals surface area contributed by atoms with Crippen molar-refractivity contribution in [1.82, 2.24) is 19.8 Å². The van der Waals surface area contributed by atoms with Gasteiger partial charge < -0.3 is 19.9 Å². The Morgan fingerprint density at radius 1 is 1.41 bits per heavy atom. The number of nitrogens with one attached hydrogen (secondary N) is 1. The Labute approximate surface area is 131 Å². The molecule has 0 saturated carbocycles. The van der Waals surface area contributed by atoms with Crippen molar-refractivity contribution < 1.29 is 14.7 Å². The number of hydrogen-bond acceptors (Lipinski definition) is 3. The molecule has 0 radical (unpaired) electrons. The average molecular weight is 310 g/mol. The number of amides is 2. The van der Waals surface area contributed by atoms with Crippen LogP contribution in [0.15, 0.2) is 12.4 Å². The summed E-state index contributed by atoms with van der Waals surface area (Å²) in [6.45, 7) is 4.13. The summed E-state index contributed by atoms with van der Waals surface area (Å²) in [5.41, 5.74) is 0. The zero-order valence-corrected chi connectivity index (χ0v) is 13.4. The van der Waals surface area contributed by atoms with Crippen LogP contribution in [-0.2, 0) is 17.8 Å². The molecule has 0 aliphatic carbocycles. The van der Waals surface area contributed by atoms with E-state index in [1.54, 1.807) is 11.9 Å². The highest BCUT2D eigenvalue weighted by molar-refractivity contribution is 5.73. The first kappa shape index (κ1) is 18.0. The van der Waals surface area contributed by atoms with Crippen LogP contribution in [-0.4, -0.2) is 51.7 Å². The van der Waals surface area contributed by atoms with E-state index in [2.05, 4.69) is 21.8 Å². The summed E-state index contributed by atoms with van der Waals surface area (Å²) in [4.78, 5) is 28.1. The molecule has 1 heterocycles. The molecule has 2 amide bonds. The van der Waals surface area contributed by atoms with E-state index >= 15 is 0 Å². The Bertz CT molecular complexity index is 473. The summed E-state index contributed by atoms with van der Waals surface area (Å²) in [5.74, 6) is 0.210. The predicted molar refractivity (Wildman–Crippen MR) is 83.7 cm³/mol. The van der Waals surface area contributed by atoms with Gasteiger partial charge in [0, 0.05) is 51.9 Å². The molecule has 1 aromatic rings. The Kier molecular flexibility index (Phi) is 8.03. The number of aryl methyl sites for hydroxylation is 2. The van der Waals surface area contributed by atoms with Crippen LogP contribution >= 0.6 is 0 Å². The lowest BCUT2D eigenvalue weighted by Gasteiger charge is -2.17. The molecular formula is C15H26N4O3. The van der Waals surface area contributed by atoms with Gasteiger partial charge in [-0.1, -0.05) is 6.92 Å². The number of imidazole rings is 1. The Morgan fingerprint density at radius 3 is 2.86 bits per heavy atom. The first-order chi connectivity index (χ1) is 10.5. The SMILES string of the molecule is CCCn1ccnc1CCCN(C)C(=O)NCCCC(=O)O. The van der Waals surface area contributed by atoms with E-state index in [1.165, 1.54) is 0 Å². The highest BCUT2D eigenvalue weighted by Crippen LogP contribution is 2.03. The molecule has 1 rings (SSSR count). The predicted octanol–water partition coefficient (Wildman–Crippen LogP) is 1.73. The number of carboxylic acid groups (broad SMARTS) is 1. The number of carbonyl (C=O) groups is 2. The van der Waals surface area contributed by atoms with Crippen LogP contribution in [0, 0.1) is 0 Å². The number of aromatic nitrogens is 2. The van der Waals surface area contributed by atoms with E-state index in [0.717, 1.165) is 31.6 Å². The fourth-order valence-corrected chi connectivity index (χ4v) is 2.16. The first-order valence-electron chi connectivity index (χ1n) is 7.75. The van der Waals surface area contributed by atoms with Crippen molar-refractivity contribution in [3.63, 3.8) is 0 Å². The topological polar surface area (TPSA) is 87.5 Å². The smallest absolute Gasteiger partial charge is 0.317 e. The highest BCUT2D eigenvalue weighted by atomic mass is 16.4. The van der Waals surface area contributed by atoms with Gasteiger partial charge in [0.2, 0.25) is 0 Å². The van der Waals surface area contributed by atoms with Crippen LogP contribution in [0.5, 0.6) is 0 Å². The summed E-state index contributed by atoms with van der Waals surface area (Å²) >= 11 is 0. The first-order valence-corrected chi connectivity index (χ1v) is 7.75. The van der Waals surface area contributed by atoms with E-state index < -0.39 is 5.97 Å². The van der Waals surface area contributed by atoms with Crippen LogP contribution < -0.4 is 5.32 Å². The summed E-state index contributed by atoms with van der Waals surface area (Å²) in [6.07, 6.45) is 7.07.